The van der Waals surface area contributed by atoms with E-state index in [9.17, 15) is 40.0 Å². The molecule has 0 aliphatic heterocycles. The second-order valence-electron chi connectivity index (χ2n) is 10.0. The van der Waals surface area contributed by atoms with Crippen LogP contribution in [0.4, 0.5) is 11.4 Å². The average Bonchev–Trinajstić information content (AvgIpc) is 3.04. The lowest BCUT2D eigenvalue weighted by Gasteiger charge is -2.18. The Labute approximate surface area is 252 Å². The minimum absolute atomic E-state index is 0.240. The number of nitro groups is 2. The summed E-state index contributed by atoms with van der Waals surface area (Å²) in [6.45, 7) is -0.869. The molecular weight excluding hydrogens is 568 g/mol. The molecule has 4 aromatic rings. The topological polar surface area (TPSA) is 185 Å². The summed E-state index contributed by atoms with van der Waals surface area (Å²) in [6.07, 6.45) is 0.524. The first kappa shape index (κ1) is 31.5. The van der Waals surface area contributed by atoms with Crippen LogP contribution >= 0.6 is 0 Å². The summed E-state index contributed by atoms with van der Waals surface area (Å²) in [5.74, 6) is -1.70. The van der Waals surface area contributed by atoms with Gasteiger partial charge >= 0.3 is 0 Å². The van der Waals surface area contributed by atoms with Gasteiger partial charge < -0.3 is 20.8 Å². The fourth-order valence-electron chi connectivity index (χ4n) is 4.93. The third-order valence-electron chi connectivity index (χ3n) is 6.98. The molecule has 2 amide bonds. The van der Waals surface area contributed by atoms with Gasteiger partial charge in [0.25, 0.3) is 23.2 Å². The maximum Gasteiger partial charge on any atom is 0.290 e. The van der Waals surface area contributed by atoms with Crippen LogP contribution in [-0.4, -0.2) is 57.2 Å². The fourth-order valence-corrected chi connectivity index (χ4v) is 4.93. The van der Waals surface area contributed by atoms with Crippen LogP contribution in [0.15, 0.2) is 97.1 Å². The van der Waals surface area contributed by atoms with E-state index in [-0.39, 0.29) is 35.1 Å². The average molecular weight is 599 g/mol. The van der Waals surface area contributed by atoms with Crippen molar-refractivity contribution in [2.45, 2.75) is 24.9 Å². The van der Waals surface area contributed by atoms with E-state index in [1.807, 2.05) is 36.4 Å². The Balaban J connectivity index is 1.69. The third kappa shape index (κ3) is 7.48. The molecule has 0 aliphatic rings. The van der Waals surface area contributed by atoms with Crippen LogP contribution in [0.25, 0.3) is 11.1 Å². The van der Waals surface area contributed by atoms with Crippen molar-refractivity contribution in [1.29, 1.82) is 0 Å². The van der Waals surface area contributed by atoms with E-state index in [1.54, 1.807) is 24.3 Å². The van der Waals surface area contributed by atoms with E-state index < -0.39 is 58.3 Å². The van der Waals surface area contributed by atoms with Gasteiger partial charge in [0.05, 0.1) is 46.3 Å². The minimum Gasteiger partial charge on any atom is -0.394 e. The number of aliphatic hydroxyl groups is 2. The number of hydrogen-bond acceptors (Lipinski definition) is 8. The number of hydrogen-bond donors (Lipinski definition) is 4. The highest BCUT2D eigenvalue weighted by Gasteiger charge is 2.33. The van der Waals surface area contributed by atoms with Crippen LogP contribution in [0.1, 0.15) is 31.8 Å². The number of aliphatic hydroxyl groups excluding tert-OH is 2. The molecule has 0 aromatic heterocycles. The zero-order valence-corrected chi connectivity index (χ0v) is 23.5. The number of carbonyl (C=O) groups is 2. The molecule has 0 saturated heterocycles. The molecule has 0 spiro atoms. The van der Waals surface area contributed by atoms with Crippen LogP contribution in [0.3, 0.4) is 0 Å². The van der Waals surface area contributed by atoms with Crippen LogP contribution in [0.2, 0.25) is 0 Å². The van der Waals surface area contributed by atoms with Gasteiger partial charge in [-0.15, -0.1) is 0 Å². The number of para-hydroxylation sites is 2. The van der Waals surface area contributed by atoms with E-state index in [0.29, 0.717) is 0 Å². The summed E-state index contributed by atoms with van der Waals surface area (Å²) in [6, 6.07) is 24.2. The van der Waals surface area contributed by atoms with Gasteiger partial charge in [0.2, 0.25) is 0 Å². The molecule has 0 bridgehead atoms. The van der Waals surface area contributed by atoms with Gasteiger partial charge in [-0.05, 0) is 48.2 Å². The standard InChI is InChI=1S/C32H30N4O8/c37-19-23(17-21-9-3-1-4-10-21)33-31(39)27-15-7-13-25(29(27)35(41)42)26-14-8-16-28(30(26)36(43)44)32(40)34-24(20-38)18-22-11-5-2-6-12-22/h1-16,23-24,37-38H,17-20H2,(H,33,39)(H,34,40)/t23-,24-/m0/s1. The maximum absolute atomic E-state index is 13.3. The number of nitro benzene ring substituents is 2. The molecule has 226 valence electrons. The predicted molar refractivity (Wildman–Crippen MR) is 162 cm³/mol. The van der Waals surface area contributed by atoms with Crippen molar-refractivity contribution < 1.29 is 29.6 Å². The molecule has 4 rings (SSSR count). The molecule has 12 heteroatoms. The Morgan fingerprint density at radius 2 is 0.955 bits per heavy atom. The first-order valence-corrected chi connectivity index (χ1v) is 13.7. The lowest BCUT2D eigenvalue weighted by Crippen LogP contribution is -2.39. The number of amides is 2. The summed E-state index contributed by atoms with van der Waals surface area (Å²) in [7, 11) is 0. The Bertz CT molecular complexity index is 1520. The number of rotatable bonds is 13. The quantitative estimate of drug-likeness (QED) is 0.132. The predicted octanol–water partition coefficient (Wildman–Crippen LogP) is 3.84. The van der Waals surface area contributed by atoms with Gasteiger partial charge in [-0.3, -0.25) is 29.8 Å². The largest absolute Gasteiger partial charge is 0.394 e. The number of nitrogens with one attached hydrogen (secondary N) is 2. The van der Waals surface area contributed by atoms with Crippen LogP contribution in [0, 0.1) is 20.2 Å². The first-order chi connectivity index (χ1) is 21.2. The second kappa shape index (κ2) is 14.6. The highest BCUT2D eigenvalue weighted by Crippen LogP contribution is 2.39. The van der Waals surface area contributed by atoms with Crippen LogP contribution < -0.4 is 10.6 Å². The van der Waals surface area contributed by atoms with Crippen LogP contribution in [-0.2, 0) is 12.8 Å². The number of carbonyl (C=O) groups excluding carboxylic acids is 2. The van der Waals surface area contributed by atoms with Gasteiger partial charge in [0.15, 0.2) is 0 Å². The van der Waals surface area contributed by atoms with Crippen molar-refractivity contribution in [3.8, 4) is 11.1 Å². The Morgan fingerprint density at radius 1 is 0.591 bits per heavy atom. The van der Waals surface area contributed by atoms with Crippen molar-refractivity contribution in [3.05, 3.63) is 140 Å². The summed E-state index contributed by atoms with van der Waals surface area (Å²) < 4.78 is 0. The van der Waals surface area contributed by atoms with E-state index in [4.69, 9.17) is 0 Å². The van der Waals surface area contributed by atoms with Gasteiger partial charge in [0, 0.05) is 0 Å². The lowest BCUT2D eigenvalue weighted by molar-refractivity contribution is -0.386. The van der Waals surface area contributed by atoms with E-state index in [2.05, 4.69) is 10.6 Å². The second-order valence-corrected chi connectivity index (χ2v) is 10.0. The van der Waals surface area contributed by atoms with E-state index in [1.165, 1.54) is 36.4 Å². The van der Waals surface area contributed by atoms with Gasteiger partial charge in [0.1, 0.15) is 11.1 Å². The van der Waals surface area contributed by atoms with E-state index in [0.717, 1.165) is 11.1 Å². The van der Waals surface area contributed by atoms with Crippen molar-refractivity contribution in [1.82, 2.24) is 10.6 Å². The molecule has 0 fully saturated rings. The van der Waals surface area contributed by atoms with Gasteiger partial charge in [-0.2, -0.15) is 0 Å². The van der Waals surface area contributed by atoms with Gasteiger partial charge in [-0.1, -0.05) is 72.8 Å². The molecule has 0 aliphatic carbocycles. The van der Waals surface area contributed by atoms with Crippen LogP contribution in [0.5, 0.6) is 0 Å². The molecule has 4 N–H and O–H groups in total. The highest BCUT2D eigenvalue weighted by molar-refractivity contribution is 6.05. The normalized spacial score (nSPS) is 12.1. The van der Waals surface area contributed by atoms with E-state index >= 15 is 0 Å². The van der Waals surface area contributed by atoms with Crippen molar-refractivity contribution in [3.63, 3.8) is 0 Å². The Kier molecular flexibility index (Phi) is 10.5. The highest BCUT2D eigenvalue weighted by atomic mass is 16.6. The van der Waals surface area contributed by atoms with Crippen molar-refractivity contribution in [2.75, 3.05) is 13.2 Å². The summed E-state index contributed by atoms with van der Waals surface area (Å²) >= 11 is 0. The third-order valence-corrected chi connectivity index (χ3v) is 6.98. The first-order valence-electron chi connectivity index (χ1n) is 13.7. The molecular formula is C32H30N4O8. The van der Waals surface area contributed by atoms with Crippen molar-refractivity contribution >= 4 is 23.2 Å². The molecule has 0 heterocycles. The number of benzene rings is 4. The molecule has 44 heavy (non-hydrogen) atoms. The minimum atomic E-state index is -0.850. The Morgan fingerprint density at radius 3 is 1.27 bits per heavy atom. The lowest BCUT2D eigenvalue weighted by atomic mass is 9.95. The van der Waals surface area contributed by atoms with Crippen molar-refractivity contribution in [2.24, 2.45) is 0 Å². The summed E-state index contributed by atoms with van der Waals surface area (Å²) in [5.41, 5.74) is -0.955. The molecule has 2 atom stereocenters. The fraction of sp³-hybridized carbons (Fsp3) is 0.188. The number of nitrogens with zero attached hydrogens (tertiary/aromatic N) is 2. The smallest absolute Gasteiger partial charge is 0.290 e. The Hall–Kier alpha value is -5.46. The van der Waals surface area contributed by atoms with Gasteiger partial charge in [-0.25, -0.2) is 0 Å². The monoisotopic (exact) mass is 598 g/mol. The zero-order chi connectivity index (χ0) is 31.6. The molecule has 0 radical (unpaired) electrons. The maximum atomic E-state index is 13.3. The SMILES string of the molecule is O=C(N[C@H](CO)Cc1ccccc1)c1cccc(-c2cccc(C(=O)N[C@H](CO)Cc3ccccc3)c2[N+](=O)[O-])c1[N+](=O)[O-]. The molecule has 12 nitrogen and oxygen atoms in total. The molecule has 0 saturated carbocycles. The summed E-state index contributed by atoms with van der Waals surface area (Å²) in [4.78, 5) is 49.5. The molecule has 4 aromatic carbocycles. The zero-order valence-electron chi connectivity index (χ0n) is 23.5. The summed E-state index contributed by atoms with van der Waals surface area (Å²) in [5, 5.41) is 49.6. The molecule has 0 unspecified atom stereocenters.